The monoisotopic (exact) mass is 246 g/mol. The fraction of sp³-hybridized carbons (Fsp3) is 0.600. The van der Waals surface area contributed by atoms with E-state index < -0.39 is 0 Å². The minimum atomic E-state index is 0.472. The number of aromatic amines is 2. The van der Waals surface area contributed by atoms with Crippen molar-refractivity contribution in [2.24, 2.45) is 7.05 Å². The molecule has 0 aliphatic heterocycles. The SMILES string of the molecule is CCn1[nH]nnc1=S.Cn1[nH]nnc1=S. The fourth-order valence-electron chi connectivity index (χ4n) is 0.664. The lowest BCUT2D eigenvalue weighted by molar-refractivity contribution is 0.620. The molecule has 2 heterocycles. The third kappa shape index (κ3) is 3.32. The summed E-state index contributed by atoms with van der Waals surface area (Å²) in [4.78, 5) is 0. The van der Waals surface area contributed by atoms with Crippen molar-refractivity contribution in [3.63, 3.8) is 0 Å². The van der Waals surface area contributed by atoms with Gasteiger partial charge in [0, 0.05) is 13.6 Å². The van der Waals surface area contributed by atoms with Crippen LogP contribution in [-0.4, -0.2) is 40.4 Å². The zero-order valence-electron chi connectivity index (χ0n) is 8.21. The molecule has 0 unspecified atom stereocenters. The number of hydrogen-bond acceptors (Lipinski definition) is 6. The second-order valence-electron chi connectivity index (χ2n) is 2.47. The molecule has 0 bridgehead atoms. The predicted molar refractivity (Wildman–Crippen MR) is 57.1 cm³/mol. The van der Waals surface area contributed by atoms with Crippen molar-refractivity contribution in [1.82, 2.24) is 40.4 Å². The Bertz CT molecular complexity index is 503. The number of nitrogens with zero attached hydrogens (tertiary/aromatic N) is 6. The first-order valence-corrected chi connectivity index (χ1v) is 4.88. The Balaban J connectivity index is 0.000000151. The van der Waals surface area contributed by atoms with Crippen LogP contribution < -0.4 is 0 Å². The van der Waals surface area contributed by atoms with E-state index in [2.05, 4.69) is 43.3 Å². The quantitative estimate of drug-likeness (QED) is 0.700. The van der Waals surface area contributed by atoms with Gasteiger partial charge in [-0.05, 0) is 31.4 Å². The molecule has 8 nitrogen and oxygen atoms in total. The van der Waals surface area contributed by atoms with E-state index in [1.165, 1.54) is 0 Å². The third-order valence-corrected chi connectivity index (χ3v) is 2.12. The average Bonchev–Trinajstić information content (AvgIpc) is 2.78. The first-order chi connectivity index (χ1) is 7.15. The Kier molecular flexibility index (Phi) is 4.24. The maximum atomic E-state index is 4.74. The van der Waals surface area contributed by atoms with Crippen molar-refractivity contribution >= 4 is 24.4 Å². The molecular formula is C5H10N8S2. The zero-order chi connectivity index (χ0) is 11.3. The van der Waals surface area contributed by atoms with Crippen LogP contribution >= 0.6 is 24.4 Å². The lowest BCUT2D eigenvalue weighted by atomic mass is 10.8. The van der Waals surface area contributed by atoms with Crippen molar-refractivity contribution in [3.05, 3.63) is 9.54 Å². The largest absolute Gasteiger partial charge is 0.246 e. The van der Waals surface area contributed by atoms with Gasteiger partial charge in [-0.15, -0.1) is 0 Å². The van der Waals surface area contributed by atoms with Crippen LogP contribution in [0.15, 0.2) is 0 Å². The van der Waals surface area contributed by atoms with Crippen LogP contribution in [0.4, 0.5) is 0 Å². The first-order valence-electron chi connectivity index (χ1n) is 4.07. The molecule has 0 aromatic carbocycles. The van der Waals surface area contributed by atoms with Gasteiger partial charge in [-0.25, -0.2) is 9.36 Å². The molecule has 0 atom stereocenters. The summed E-state index contributed by atoms with van der Waals surface area (Å²) in [7, 11) is 1.75. The van der Waals surface area contributed by atoms with Gasteiger partial charge in [0.2, 0.25) is 9.54 Å². The highest BCUT2D eigenvalue weighted by Crippen LogP contribution is 1.78. The molecule has 0 radical (unpaired) electrons. The number of rotatable bonds is 1. The highest BCUT2D eigenvalue weighted by molar-refractivity contribution is 7.71. The molecule has 0 aliphatic carbocycles. The minimum absolute atomic E-state index is 0.472. The number of aryl methyl sites for hydroxylation is 2. The lowest BCUT2D eigenvalue weighted by Crippen LogP contribution is -1.95. The topological polar surface area (TPSA) is 93.0 Å². The van der Waals surface area contributed by atoms with Crippen molar-refractivity contribution in [3.8, 4) is 0 Å². The van der Waals surface area contributed by atoms with Crippen LogP contribution in [0.25, 0.3) is 0 Å². The zero-order valence-corrected chi connectivity index (χ0v) is 9.84. The maximum absolute atomic E-state index is 4.74. The van der Waals surface area contributed by atoms with Gasteiger partial charge in [-0.3, -0.25) is 0 Å². The predicted octanol–water partition coefficient (Wildman–Crippen LogP) is 0.228. The van der Waals surface area contributed by atoms with E-state index in [-0.39, 0.29) is 0 Å². The summed E-state index contributed by atoms with van der Waals surface area (Å²) in [6.45, 7) is 2.77. The van der Waals surface area contributed by atoms with Gasteiger partial charge in [-0.2, -0.15) is 10.4 Å². The molecule has 82 valence electrons. The van der Waals surface area contributed by atoms with E-state index in [0.717, 1.165) is 6.54 Å². The van der Waals surface area contributed by atoms with Crippen molar-refractivity contribution in [1.29, 1.82) is 0 Å². The highest BCUT2D eigenvalue weighted by Gasteiger charge is 1.86. The second-order valence-corrected chi connectivity index (χ2v) is 3.20. The third-order valence-electron chi connectivity index (χ3n) is 1.47. The molecule has 0 saturated heterocycles. The Morgan fingerprint density at radius 1 is 1.13 bits per heavy atom. The smallest absolute Gasteiger partial charge is 0.238 e. The van der Waals surface area contributed by atoms with Gasteiger partial charge in [-0.1, -0.05) is 20.6 Å². The first kappa shape index (κ1) is 11.7. The van der Waals surface area contributed by atoms with Crippen molar-refractivity contribution < 1.29 is 0 Å². The molecule has 2 rings (SSSR count). The number of aromatic nitrogens is 8. The molecule has 0 aliphatic rings. The number of H-pyrrole nitrogens is 2. The summed E-state index contributed by atoms with van der Waals surface area (Å²) in [6.07, 6.45) is 0. The molecule has 2 N–H and O–H groups in total. The Labute approximate surface area is 95.3 Å². The summed E-state index contributed by atoms with van der Waals surface area (Å²) in [5.41, 5.74) is 0. The van der Waals surface area contributed by atoms with E-state index in [4.69, 9.17) is 12.2 Å². The number of hydrogen-bond donors (Lipinski definition) is 2. The van der Waals surface area contributed by atoms with E-state index >= 15 is 0 Å². The van der Waals surface area contributed by atoms with Gasteiger partial charge in [0.25, 0.3) is 0 Å². The number of tetrazole rings is 2. The van der Waals surface area contributed by atoms with Gasteiger partial charge in [0.15, 0.2) is 0 Å². The normalized spacial score (nSPS) is 9.47. The van der Waals surface area contributed by atoms with Crippen LogP contribution in [0.3, 0.4) is 0 Å². The van der Waals surface area contributed by atoms with E-state index in [1.807, 2.05) is 6.92 Å². The molecule has 0 fully saturated rings. The van der Waals surface area contributed by atoms with E-state index in [0.29, 0.717) is 9.54 Å². The highest BCUT2D eigenvalue weighted by atomic mass is 32.1. The van der Waals surface area contributed by atoms with Crippen LogP contribution in [0.5, 0.6) is 0 Å². The average molecular weight is 246 g/mol. The Morgan fingerprint density at radius 2 is 1.73 bits per heavy atom. The summed E-state index contributed by atoms with van der Waals surface area (Å²) < 4.78 is 4.21. The molecule has 15 heavy (non-hydrogen) atoms. The summed E-state index contributed by atoms with van der Waals surface area (Å²) in [6, 6.07) is 0. The molecular weight excluding hydrogens is 236 g/mol. The van der Waals surface area contributed by atoms with Gasteiger partial charge in [0.1, 0.15) is 0 Å². The summed E-state index contributed by atoms with van der Waals surface area (Å²) in [5, 5.41) is 19.1. The molecule has 0 spiro atoms. The maximum Gasteiger partial charge on any atom is 0.238 e. The molecule has 2 aromatic heterocycles. The molecule has 10 heteroatoms. The summed E-state index contributed by atoms with van der Waals surface area (Å²) in [5.74, 6) is 0. The van der Waals surface area contributed by atoms with Gasteiger partial charge < -0.3 is 0 Å². The molecule has 2 aromatic rings. The van der Waals surface area contributed by atoms with Crippen LogP contribution in [0.2, 0.25) is 0 Å². The van der Waals surface area contributed by atoms with Crippen LogP contribution in [0.1, 0.15) is 6.92 Å². The van der Waals surface area contributed by atoms with Crippen LogP contribution in [-0.2, 0) is 13.6 Å². The molecule has 0 saturated carbocycles. The Morgan fingerprint density at radius 3 is 1.93 bits per heavy atom. The van der Waals surface area contributed by atoms with Gasteiger partial charge in [0.05, 0.1) is 0 Å². The van der Waals surface area contributed by atoms with Crippen LogP contribution in [0, 0.1) is 9.54 Å². The standard InChI is InChI=1S/C3H6N4S.C2H4N4S/c1-2-7-3(8)4-5-6-7;1-6-2(7)3-4-5-6/h2H2,1H3,(H,4,6,8);1H3,(H,3,5,7). The minimum Gasteiger partial charge on any atom is -0.246 e. The van der Waals surface area contributed by atoms with Crippen molar-refractivity contribution in [2.75, 3.05) is 0 Å². The van der Waals surface area contributed by atoms with Crippen molar-refractivity contribution in [2.45, 2.75) is 13.5 Å². The van der Waals surface area contributed by atoms with E-state index in [1.54, 1.807) is 16.4 Å². The lowest BCUT2D eigenvalue weighted by Gasteiger charge is -1.87. The number of nitrogens with one attached hydrogen (secondary N) is 2. The Hall–Kier alpha value is -1.42. The fourth-order valence-corrected chi connectivity index (χ4v) is 0.956. The van der Waals surface area contributed by atoms with E-state index in [9.17, 15) is 0 Å². The van der Waals surface area contributed by atoms with Gasteiger partial charge >= 0.3 is 0 Å². The molecule has 0 amide bonds. The second kappa shape index (κ2) is 5.46. The summed E-state index contributed by atoms with van der Waals surface area (Å²) >= 11 is 9.39.